The maximum absolute atomic E-state index is 11.4. The molecule has 7 heteroatoms. The van der Waals surface area contributed by atoms with Gasteiger partial charge in [0.1, 0.15) is 5.69 Å². The summed E-state index contributed by atoms with van der Waals surface area (Å²) in [5.74, 6) is -1.51. The number of hydrogen-bond acceptors (Lipinski definition) is 3. The highest BCUT2D eigenvalue weighted by molar-refractivity contribution is 5.92. The van der Waals surface area contributed by atoms with Crippen LogP contribution in [0.15, 0.2) is 11.0 Å². The number of nitrogens with one attached hydrogen (secondary N) is 3. The van der Waals surface area contributed by atoms with Crippen molar-refractivity contribution in [2.75, 3.05) is 0 Å². The lowest BCUT2D eigenvalue weighted by atomic mass is 10.2. The van der Waals surface area contributed by atoms with Gasteiger partial charge in [-0.15, -0.1) is 0 Å². The van der Waals surface area contributed by atoms with Crippen LogP contribution in [0.5, 0.6) is 0 Å². The number of H-pyrrole nitrogens is 2. The van der Waals surface area contributed by atoms with Crippen molar-refractivity contribution >= 4 is 11.9 Å². The third-order valence-corrected chi connectivity index (χ3v) is 1.70. The first kappa shape index (κ1) is 11.0. The maximum Gasteiger partial charge on any atom is 0.323 e. The summed E-state index contributed by atoms with van der Waals surface area (Å²) in [7, 11) is 0. The van der Waals surface area contributed by atoms with E-state index >= 15 is 0 Å². The van der Waals surface area contributed by atoms with Crippen LogP contribution in [-0.4, -0.2) is 33.0 Å². The second-order valence-electron chi connectivity index (χ2n) is 3.13. The molecule has 4 N–H and O–H groups in total. The Balaban J connectivity index is 2.56. The summed E-state index contributed by atoms with van der Waals surface area (Å²) in [5.41, 5.74) is -0.400. The SMILES string of the molecule is CC(CC(=O)O)NC(=O)c1c[nH]c(=O)[nH]1. The van der Waals surface area contributed by atoms with Crippen LogP contribution in [0.4, 0.5) is 0 Å². The molecule has 1 atom stereocenters. The molecule has 1 rings (SSSR count). The number of carbonyl (C=O) groups excluding carboxylic acids is 1. The highest BCUT2D eigenvalue weighted by Gasteiger charge is 2.13. The van der Waals surface area contributed by atoms with Crippen molar-refractivity contribution in [3.8, 4) is 0 Å². The smallest absolute Gasteiger partial charge is 0.323 e. The molecule has 0 aliphatic rings. The number of hydrogen-bond donors (Lipinski definition) is 4. The van der Waals surface area contributed by atoms with Gasteiger partial charge in [-0.1, -0.05) is 0 Å². The number of carboxylic acids is 1. The van der Waals surface area contributed by atoms with Gasteiger partial charge in [0.15, 0.2) is 0 Å². The number of carbonyl (C=O) groups is 2. The molecule has 0 radical (unpaired) electrons. The van der Waals surface area contributed by atoms with Gasteiger partial charge < -0.3 is 20.4 Å². The highest BCUT2D eigenvalue weighted by Crippen LogP contribution is 1.94. The minimum Gasteiger partial charge on any atom is -0.481 e. The van der Waals surface area contributed by atoms with Gasteiger partial charge in [-0.2, -0.15) is 0 Å². The molecule has 0 fully saturated rings. The molecule has 1 amide bonds. The van der Waals surface area contributed by atoms with Crippen molar-refractivity contribution in [2.45, 2.75) is 19.4 Å². The average Bonchev–Trinajstić information content (AvgIpc) is 2.49. The minimum atomic E-state index is -0.995. The molecule has 0 aliphatic heterocycles. The summed E-state index contributed by atoms with van der Waals surface area (Å²) >= 11 is 0. The molecule has 1 aromatic rings. The van der Waals surface area contributed by atoms with Gasteiger partial charge in [0.05, 0.1) is 6.42 Å². The maximum atomic E-state index is 11.4. The van der Waals surface area contributed by atoms with E-state index in [1.54, 1.807) is 6.92 Å². The van der Waals surface area contributed by atoms with Gasteiger partial charge >= 0.3 is 11.7 Å². The molecular weight excluding hydrogens is 202 g/mol. The number of imidazole rings is 1. The minimum absolute atomic E-state index is 0.0808. The van der Waals surface area contributed by atoms with Crippen LogP contribution in [0.1, 0.15) is 23.8 Å². The van der Waals surface area contributed by atoms with Crippen molar-refractivity contribution in [1.29, 1.82) is 0 Å². The third-order valence-electron chi connectivity index (χ3n) is 1.70. The van der Waals surface area contributed by atoms with Gasteiger partial charge in [-0.3, -0.25) is 9.59 Å². The van der Waals surface area contributed by atoms with Gasteiger partial charge in [0, 0.05) is 12.2 Å². The van der Waals surface area contributed by atoms with Crippen LogP contribution in [0.25, 0.3) is 0 Å². The molecule has 0 saturated carbocycles. The first-order valence-corrected chi connectivity index (χ1v) is 4.29. The fourth-order valence-electron chi connectivity index (χ4n) is 1.07. The molecule has 0 aromatic carbocycles. The molecule has 0 saturated heterocycles. The zero-order valence-electron chi connectivity index (χ0n) is 8.03. The van der Waals surface area contributed by atoms with Gasteiger partial charge in [0.2, 0.25) is 0 Å². The van der Waals surface area contributed by atoms with E-state index in [1.165, 1.54) is 6.20 Å². The largest absolute Gasteiger partial charge is 0.481 e. The first-order chi connectivity index (χ1) is 6.99. The number of rotatable bonds is 4. The molecule has 15 heavy (non-hydrogen) atoms. The van der Waals surface area contributed by atoms with Crippen molar-refractivity contribution in [3.05, 3.63) is 22.4 Å². The Bertz CT molecular complexity index is 420. The van der Waals surface area contributed by atoms with E-state index in [2.05, 4.69) is 15.3 Å². The van der Waals surface area contributed by atoms with Gasteiger partial charge in [0.25, 0.3) is 5.91 Å². The lowest BCUT2D eigenvalue weighted by molar-refractivity contribution is -0.137. The van der Waals surface area contributed by atoms with Crippen molar-refractivity contribution < 1.29 is 14.7 Å². The third kappa shape index (κ3) is 3.29. The first-order valence-electron chi connectivity index (χ1n) is 4.29. The molecule has 7 nitrogen and oxygen atoms in total. The predicted octanol–water partition coefficient (Wildman–Crippen LogP) is -0.704. The Morgan fingerprint density at radius 2 is 2.27 bits per heavy atom. The van der Waals surface area contributed by atoms with Crippen LogP contribution in [0.2, 0.25) is 0 Å². The monoisotopic (exact) mass is 213 g/mol. The van der Waals surface area contributed by atoms with E-state index in [4.69, 9.17) is 5.11 Å². The van der Waals surface area contributed by atoms with Crippen LogP contribution >= 0.6 is 0 Å². The Hall–Kier alpha value is -2.05. The van der Waals surface area contributed by atoms with E-state index in [1.807, 2.05) is 0 Å². The Kier molecular flexibility index (Phi) is 3.27. The average molecular weight is 213 g/mol. The molecule has 0 bridgehead atoms. The second kappa shape index (κ2) is 4.45. The van der Waals surface area contributed by atoms with Crippen LogP contribution < -0.4 is 11.0 Å². The predicted molar refractivity (Wildman–Crippen MR) is 50.6 cm³/mol. The number of aromatic nitrogens is 2. The number of aliphatic carboxylic acids is 1. The summed E-state index contributed by atoms with van der Waals surface area (Å²) in [6.45, 7) is 1.57. The summed E-state index contributed by atoms with van der Waals surface area (Å²) in [4.78, 5) is 36.9. The lowest BCUT2D eigenvalue weighted by Crippen LogP contribution is -2.34. The fourth-order valence-corrected chi connectivity index (χ4v) is 1.07. The van der Waals surface area contributed by atoms with E-state index < -0.39 is 23.6 Å². The molecule has 1 unspecified atom stereocenters. The normalized spacial score (nSPS) is 12.1. The molecule has 1 aromatic heterocycles. The summed E-state index contributed by atoms with van der Waals surface area (Å²) < 4.78 is 0. The number of amides is 1. The highest BCUT2D eigenvalue weighted by atomic mass is 16.4. The standard InChI is InChI=1S/C8H11N3O4/c1-4(2-6(12)13)10-7(14)5-3-9-8(15)11-5/h3-4H,2H2,1H3,(H,10,14)(H,12,13)(H2,9,11,15). The lowest BCUT2D eigenvalue weighted by Gasteiger charge is -2.09. The van der Waals surface area contributed by atoms with Crippen molar-refractivity contribution in [1.82, 2.24) is 15.3 Å². The Morgan fingerprint density at radius 1 is 1.60 bits per heavy atom. The quantitative estimate of drug-likeness (QED) is 0.529. The Morgan fingerprint density at radius 3 is 2.73 bits per heavy atom. The summed E-state index contributed by atoms with van der Waals surface area (Å²) in [5, 5.41) is 10.9. The molecule has 0 aliphatic carbocycles. The number of aromatic amines is 2. The van der Waals surface area contributed by atoms with Gasteiger partial charge in [-0.05, 0) is 6.92 Å². The summed E-state index contributed by atoms with van der Waals surface area (Å²) in [6, 6.07) is -0.492. The van der Waals surface area contributed by atoms with Crippen molar-refractivity contribution in [2.24, 2.45) is 0 Å². The molecular formula is C8H11N3O4. The fraction of sp³-hybridized carbons (Fsp3) is 0.375. The second-order valence-corrected chi connectivity index (χ2v) is 3.13. The topological polar surface area (TPSA) is 115 Å². The zero-order chi connectivity index (χ0) is 11.4. The van der Waals surface area contributed by atoms with E-state index in [9.17, 15) is 14.4 Å². The molecule has 82 valence electrons. The van der Waals surface area contributed by atoms with E-state index in [0.29, 0.717) is 0 Å². The summed E-state index contributed by atoms with van der Waals surface area (Å²) in [6.07, 6.45) is 1.06. The van der Waals surface area contributed by atoms with Crippen LogP contribution in [-0.2, 0) is 4.79 Å². The van der Waals surface area contributed by atoms with Crippen LogP contribution in [0, 0.1) is 0 Å². The molecule has 1 heterocycles. The zero-order valence-corrected chi connectivity index (χ0v) is 8.03. The van der Waals surface area contributed by atoms with Gasteiger partial charge in [-0.25, -0.2) is 4.79 Å². The van der Waals surface area contributed by atoms with E-state index in [-0.39, 0.29) is 12.1 Å². The van der Waals surface area contributed by atoms with Crippen LogP contribution in [0.3, 0.4) is 0 Å². The van der Waals surface area contributed by atoms with Crippen molar-refractivity contribution in [3.63, 3.8) is 0 Å². The van der Waals surface area contributed by atoms with E-state index in [0.717, 1.165) is 0 Å². The number of carboxylic acid groups (broad SMARTS) is 1. The molecule has 0 spiro atoms. The Labute approximate surface area is 84.5 Å².